The first-order chi connectivity index (χ1) is 10.1. The normalized spacial score (nSPS) is 23.9. The van der Waals surface area contributed by atoms with Crippen LogP contribution in [0.1, 0.15) is 49.7 Å². The van der Waals surface area contributed by atoms with E-state index in [9.17, 15) is 4.79 Å². The van der Waals surface area contributed by atoms with Crippen molar-refractivity contribution in [2.45, 2.75) is 56.9 Å². The van der Waals surface area contributed by atoms with E-state index < -0.39 is 0 Å². The van der Waals surface area contributed by atoms with Crippen molar-refractivity contribution in [1.29, 1.82) is 0 Å². The Bertz CT molecular complexity index is 526. The van der Waals surface area contributed by atoms with Crippen LogP contribution in [-0.2, 0) is 10.2 Å². The highest BCUT2D eigenvalue weighted by Crippen LogP contribution is 2.41. The van der Waals surface area contributed by atoms with Crippen LogP contribution >= 0.6 is 12.4 Å². The van der Waals surface area contributed by atoms with Gasteiger partial charge in [0.05, 0.1) is 5.41 Å². The summed E-state index contributed by atoms with van der Waals surface area (Å²) in [5, 5.41) is 0. The van der Waals surface area contributed by atoms with Gasteiger partial charge in [-0.25, -0.2) is 0 Å². The zero-order valence-electron chi connectivity index (χ0n) is 13.4. The Balaban J connectivity index is 0.00000176. The molecule has 0 spiro atoms. The van der Waals surface area contributed by atoms with Crippen LogP contribution in [0.25, 0.3) is 0 Å². The van der Waals surface area contributed by atoms with Crippen LogP contribution in [0.4, 0.5) is 0 Å². The molecule has 1 heterocycles. The van der Waals surface area contributed by atoms with Crippen molar-refractivity contribution < 1.29 is 4.79 Å². The SMILES string of the molecule is Cc1cccc(C2(C(=O)N3CC[C@@H](N)C3)CCCCC2)c1.Cl. The van der Waals surface area contributed by atoms with Crippen molar-refractivity contribution in [1.82, 2.24) is 4.90 Å². The summed E-state index contributed by atoms with van der Waals surface area (Å²) in [5.74, 6) is 0.320. The first-order valence-electron chi connectivity index (χ1n) is 8.24. The van der Waals surface area contributed by atoms with Crippen molar-refractivity contribution in [2.24, 2.45) is 5.73 Å². The van der Waals surface area contributed by atoms with Crippen molar-refractivity contribution in [3.05, 3.63) is 35.4 Å². The number of rotatable bonds is 2. The average Bonchev–Trinajstić information content (AvgIpc) is 2.94. The van der Waals surface area contributed by atoms with Gasteiger partial charge in [-0.05, 0) is 31.7 Å². The lowest BCUT2D eigenvalue weighted by molar-refractivity contribution is -0.137. The molecule has 2 aliphatic rings. The lowest BCUT2D eigenvalue weighted by Crippen LogP contribution is -2.48. The first-order valence-corrected chi connectivity index (χ1v) is 8.24. The van der Waals surface area contributed by atoms with Crippen molar-refractivity contribution in [2.75, 3.05) is 13.1 Å². The second-order valence-corrected chi connectivity index (χ2v) is 6.81. The second kappa shape index (κ2) is 7.01. The molecule has 1 aromatic carbocycles. The molecule has 3 rings (SSSR count). The van der Waals surface area contributed by atoms with E-state index in [0.717, 1.165) is 45.2 Å². The third kappa shape index (κ3) is 3.16. The number of carbonyl (C=O) groups excluding carboxylic acids is 1. The molecule has 2 fully saturated rings. The largest absolute Gasteiger partial charge is 0.340 e. The molecule has 2 N–H and O–H groups in total. The summed E-state index contributed by atoms with van der Waals surface area (Å²) in [6.07, 6.45) is 6.47. The second-order valence-electron chi connectivity index (χ2n) is 6.81. The predicted octanol–water partition coefficient (Wildman–Crippen LogP) is 3.18. The Morgan fingerprint density at radius 3 is 2.59 bits per heavy atom. The first kappa shape index (κ1) is 17.3. The molecule has 0 radical (unpaired) electrons. The minimum atomic E-state index is -0.297. The Kier molecular flexibility index (Phi) is 5.51. The fraction of sp³-hybridized carbons (Fsp3) is 0.611. The van der Waals surface area contributed by atoms with Gasteiger partial charge in [0.25, 0.3) is 0 Å². The van der Waals surface area contributed by atoms with E-state index in [1.54, 1.807) is 0 Å². The minimum Gasteiger partial charge on any atom is -0.340 e. The number of hydrogen-bond donors (Lipinski definition) is 1. The standard InChI is InChI=1S/C18H26N2O.ClH/c1-14-6-5-7-15(12-14)18(9-3-2-4-10-18)17(21)20-11-8-16(19)13-20;/h5-7,12,16H,2-4,8-11,13,19H2,1H3;1H/t16-;/m1./s1. The highest BCUT2D eigenvalue weighted by molar-refractivity contribution is 5.88. The topological polar surface area (TPSA) is 46.3 Å². The molecular weight excluding hydrogens is 296 g/mol. The molecule has 1 saturated heterocycles. The van der Waals surface area contributed by atoms with E-state index in [-0.39, 0.29) is 23.9 Å². The minimum absolute atomic E-state index is 0. The lowest BCUT2D eigenvalue weighted by Gasteiger charge is -2.39. The number of benzene rings is 1. The Morgan fingerprint density at radius 1 is 1.27 bits per heavy atom. The third-order valence-corrected chi connectivity index (χ3v) is 5.20. The molecule has 1 amide bonds. The van der Waals surface area contributed by atoms with Crippen molar-refractivity contribution in [3.8, 4) is 0 Å². The number of halogens is 1. The summed E-state index contributed by atoms with van der Waals surface area (Å²) in [6, 6.07) is 8.71. The zero-order valence-corrected chi connectivity index (χ0v) is 14.2. The van der Waals surface area contributed by atoms with Crippen LogP contribution in [0.15, 0.2) is 24.3 Å². The number of nitrogens with zero attached hydrogens (tertiary/aromatic N) is 1. The fourth-order valence-electron chi connectivity index (χ4n) is 4.00. The third-order valence-electron chi connectivity index (χ3n) is 5.20. The van der Waals surface area contributed by atoms with E-state index in [1.165, 1.54) is 17.5 Å². The maximum absolute atomic E-state index is 13.3. The van der Waals surface area contributed by atoms with E-state index in [4.69, 9.17) is 5.73 Å². The van der Waals surface area contributed by atoms with Crippen molar-refractivity contribution >= 4 is 18.3 Å². The maximum Gasteiger partial charge on any atom is 0.233 e. The van der Waals surface area contributed by atoms with Gasteiger partial charge >= 0.3 is 0 Å². The number of likely N-dealkylation sites (tertiary alicyclic amines) is 1. The molecule has 1 aliphatic carbocycles. The molecule has 22 heavy (non-hydrogen) atoms. The zero-order chi connectivity index (χ0) is 14.9. The molecule has 4 heteroatoms. The number of hydrogen-bond acceptors (Lipinski definition) is 2. The molecule has 1 saturated carbocycles. The smallest absolute Gasteiger partial charge is 0.233 e. The van der Waals surface area contributed by atoms with Crippen LogP contribution in [0.5, 0.6) is 0 Å². The molecule has 0 unspecified atom stereocenters. The van der Waals surface area contributed by atoms with Gasteiger partial charge in [0.15, 0.2) is 0 Å². The van der Waals surface area contributed by atoms with E-state index in [2.05, 4.69) is 31.2 Å². The maximum atomic E-state index is 13.3. The van der Waals surface area contributed by atoms with Crippen LogP contribution in [-0.4, -0.2) is 29.9 Å². The van der Waals surface area contributed by atoms with Gasteiger partial charge in [0.1, 0.15) is 0 Å². The number of nitrogens with two attached hydrogens (primary N) is 1. The number of carbonyl (C=O) groups is 1. The Labute approximate surface area is 139 Å². The van der Waals surface area contributed by atoms with Gasteiger partial charge in [-0.15, -0.1) is 12.4 Å². The molecule has 3 nitrogen and oxygen atoms in total. The highest BCUT2D eigenvalue weighted by atomic mass is 35.5. The number of aryl methyl sites for hydroxylation is 1. The summed E-state index contributed by atoms with van der Waals surface area (Å²) in [7, 11) is 0. The van der Waals surface area contributed by atoms with E-state index in [1.807, 2.05) is 4.90 Å². The molecule has 1 aromatic rings. The molecule has 1 aliphatic heterocycles. The highest BCUT2D eigenvalue weighted by Gasteiger charge is 2.44. The van der Waals surface area contributed by atoms with Crippen LogP contribution in [0.3, 0.4) is 0 Å². The summed E-state index contributed by atoms with van der Waals surface area (Å²) >= 11 is 0. The molecule has 0 aromatic heterocycles. The van der Waals surface area contributed by atoms with E-state index >= 15 is 0 Å². The van der Waals surface area contributed by atoms with E-state index in [0.29, 0.717) is 5.91 Å². The Morgan fingerprint density at radius 2 is 2.00 bits per heavy atom. The molecular formula is C18H27ClN2O. The fourth-order valence-corrected chi connectivity index (χ4v) is 4.00. The van der Waals surface area contributed by atoms with Gasteiger partial charge in [-0.3, -0.25) is 4.79 Å². The van der Waals surface area contributed by atoms with Gasteiger partial charge < -0.3 is 10.6 Å². The number of amides is 1. The van der Waals surface area contributed by atoms with Crippen LogP contribution in [0, 0.1) is 6.92 Å². The molecule has 1 atom stereocenters. The monoisotopic (exact) mass is 322 g/mol. The quantitative estimate of drug-likeness (QED) is 0.909. The van der Waals surface area contributed by atoms with Crippen molar-refractivity contribution in [3.63, 3.8) is 0 Å². The average molecular weight is 323 g/mol. The summed E-state index contributed by atoms with van der Waals surface area (Å²) in [6.45, 7) is 3.66. The predicted molar refractivity (Wildman–Crippen MR) is 92.4 cm³/mol. The summed E-state index contributed by atoms with van der Waals surface area (Å²) in [5.41, 5.74) is 8.16. The van der Waals surface area contributed by atoms with Gasteiger partial charge in [0.2, 0.25) is 5.91 Å². The Hall–Kier alpha value is -1.06. The van der Waals surface area contributed by atoms with Crippen LogP contribution < -0.4 is 5.73 Å². The molecule has 0 bridgehead atoms. The van der Waals surface area contributed by atoms with Gasteiger partial charge in [-0.1, -0.05) is 49.1 Å². The lowest BCUT2D eigenvalue weighted by atomic mass is 9.68. The summed E-state index contributed by atoms with van der Waals surface area (Å²) in [4.78, 5) is 15.3. The van der Waals surface area contributed by atoms with Crippen LogP contribution in [0.2, 0.25) is 0 Å². The van der Waals surface area contributed by atoms with Gasteiger partial charge in [0, 0.05) is 19.1 Å². The van der Waals surface area contributed by atoms with Gasteiger partial charge in [-0.2, -0.15) is 0 Å². The molecule has 122 valence electrons. The summed E-state index contributed by atoms with van der Waals surface area (Å²) < 4.78 is 0.